The van der Waals surface area contributed by atoms with Crippen LogP contribution in [0.1, 0.15) is 11.1 Å². The Morgan fingerprint density at radius 2 is 1.82 bits per heavy atom. The van der Waals surface area contributed by atoms with Crippen molar-refractivity contribution in [3.05, 3.63) is 28.3 Å². The van der Waals surface area contributed by atoms with Gasteiger partial charge in [0.05, 0.1) is 22.2 Å². The van der Waals surface area contributed by atoms with Crippen LogP contribution in [0.3, 0.4) is 0 Å². The van der Waals surface area contributed by atoms with Crippen molar-refractivity contribution in [1.29, 1.82) is 5.26 Å². The summed E-state index contributed by atoms with van der Waals surface area (Å²) in [5, 5.41) is 7.40. The summed E-state index contributed by atoms with van der Waals surface area (Å²) >= 11 is 5.33. The molecule has 0 spiro atoms. The summed E-state index contributed by atoms with van der Waals surface area (Å²) in [6.07, 6.45) is -4.94. The molecule has 92 valence electrons. The first-order chi connectivity index (χ1) is 7.59. The molecule has 0 bridgehead atoms. The quantitative estimate of drug-likeness (QED) is 0.749. The van der Waals surface area contributed by atoms with E-state index >= 15 is 0 Å². The third-order valence-electron chi connectivity index (χ3n) is 1.77. The minimum absolute atomic E-state index is 0.698. The van der Waals surface area contributed by atoms with Gasteiger partial charge in [-0.25, -0.2) is 8.42 Å². The minimum Gasteiger partial charge on any atom is -0.207 e. The fourth-order valence-corrected chi connectivity index (χ4v) is 2.74. The first-order valence-electron chi connectivity index (χ1n) is 3.83. The highest BCUT2D eigenvalue weighted by molar-refractivity contribution is 8.13. The summed E-state index contributed by atoms with van der Waals surface area (Å²) in [5.74, 6) is 0. The summed E-state index contributed by atoms with van der Waals surface area (Å²) in [6.45, 7) is 0. The maximum absolute atomic E-state index is 12.6. The third kappa shape index (κ3) is 2.83. The lowest BCUT2D eigenvalue weighted by Gasteiger charge is -2.12. The van der Waals surface area contributed by atoms with Crippen molar-refractivity contribution >= 4 is 31.3 Å². The van der Waals surface area contributed by atoms with Gasteiger partial charge in [-0.15, -0.1) is 0 Å². The van der Waals surface area contributed by atoms with E-state index in [1.165, 1.54) is 6.07 Å². The summed E-state index contributed by atoms with van der Waals surface area (Å²) < 4.78 is 59.7. The van der Waals surface area contributed by atoms with Gasteiger partial charge in [-0.3, -0.25) is 0 Å². The zero-order valence-electron chi connectivity index (χ0n) is 7.72. The van der Waals surface area contributed by atoms with Gasteiger partial charge in [-0.05, 0) is 12.1 Å². The molecule has 0 saturated carbocycles. The normalized spacial score (nSPS) is 12.2. The average Bonchev–Trinajstić information content (AvgIpc) is 2.12. The Bertz CT molecular complexity index is 604. The first kappa shape index (κ1) is 14.1. The van der Waals surface area contributed by atoms with Crippen molar-refractivity contribution in [3.8, 4) is 6.07 Å². The summed E-state index contributed by atoms with van der Waals surface area (Å²) in [7, 11) is 0.509. The molecule has 0 heterocycles. The van der Waals surface area contributed by atoms with Gasteiger partial charge < -0.3 is 0 Å². The van der Waals surface area contributed by atoms with Crippen molar-refractivity contribution < 1.29 is 21.6 Å². The highest BCUT2D eigenvalue weighted by Crippen LogP contribution is 2.40. The molecule has 0 N–H and O–H groups in total. The average molecular weight is 304 g/mol. The van der Waals surface area contributed by atoms with E-state index in [1.807, 2.05) is 0 Å². The smallest absolute Gasteiger partial charge is 0.207 e. The van der Waals surface area contributed by atoms with Crippen molar-refractivity contribution in [2.24, 2.45) is 0 Å². The van der Waals surface area contributed by atoms with Crippen LogP contribution < -0.4 is 0 Å². The van der Waals surface area contributed by atoms with E-state index in [0.717, 1.165) is 6.07 Å². The first-order valence-corrected chi connectivity index (χ1v) is 6.52. The molecular weight excluding hydrogens is 302 g/mol. The van der Waals surface area contributed by atoms with Crippen LogP contribution in [0.5, 0.6) is 0 Å². The molecular formula is C8H2Cl2F3NO2S. The molecule has 0 radical (unpaired) electrons. The van der Waals surface area contributed by atoms with Crippen molar-refractivity contribution in [3.63, 3.8) is 0 Å². The molecule has 1 aromatic rings. The Labute approximate surface area is 104 Å². The van der Waals surface area contributed by atoms with Crippen LogP contribution in [0.4, 0.5) is 13.2 Å². The number of alkyl halides is 3. The number of hydrogen-bond acceptors (Lipinski definition) is 3. The number of rotatable bonds is 1. The Morgan fingerprint density at radius 1 is 1.29 bits per heavy atom. The highest BCUT2D eigenvalue weighted by atomic mass is 35.7. The van der Waals surface area contributed by atoms with Crippen molar-refractivity contribution in [2.75, 3.05) is 0 Å². The van der Waals surface area contributed by atoms with Gasteiger partial charge in [0.25, 0.3) is 9.05 Å². The standard InChI is InChI=1S/C8H2Cl2F3NO2S/c9-7-5(17(10,15)16)2-1-4(3-14)6(7)8(11,12)13/h1-2H. The molecule has 0 aliphatic heterocycles. The van der Waals surface area contributed by atoms with E-state index in [9.17, 15) is 21.6 Å². The van der Waals surface area contributed by atoms with Gasteiger partial charge in [0.2, 0.25) is 0 Å². The molecule has 0 saturated heterocycles. The van der Waals surface area contributed by atoms with Gasteiger partial charge in [0, 0.05) is 10.7 Å². The molecule has 0 aliphatic rings. The zero-order chi connectivity index (χ0) is 13.4. The molecule has 0 aromatic heterocycles. The van der Waals surface area contributed by atoms with E-state index in [4.69, 9.17) is 27.5 Å². The minimum atomic E-state index is -4.94. The van der Waals surface area contributed by atoms with Crippen molar-refractivity contribution in [2.45, 2.75) is 11.1 Å². The maximum Gasteiger partial charge on any atom is 0.419 e. The maximum atomic E-state index is 12.6. The van der Waals surface area contributed by atoms with Crippen LogP contribution in [0.2, 0.25) is 5.02 Å². The molecule has 0 unspecified atom stereocenters. The lowest BCUT2D eigenvalue weighted by Crippen LogP contribution is -2.11. The van der Waals surface area contributed by atoms with E-state index in [1.54, 1.807) is 0 Å². The molecule has 0 amide bonds. The number of hydrogen-bond donors (Lipinski definition) is 0. The predicted molar refractivity (Wildman–Crippen MR) is 54.2 cm³/mol. The summed E-state index contributed by atoms with van der Waals surface area (Å²) in [5.41, 5.74) is -2.28. The largest absolute Gasteiger partial charge is 0.419 e. The number of nitrogens with zero attached hydrogens (tertiary/aromatic N) is 1. The Kier molecular flexibility index (Phi) is 3.62. The predicted octanol–water partition coefficient (Wildman–Crippen LogP) is 3.16. The van der Waals surface area contributed by atoms with Gasteiger partial charge in [0.15, 0.2) is 0 Å². The number of benzene rings is 1. The highest BCUT2D eigenvalue weighted by Gasteiger charge is 2.38. The summed E-state index contributed by atoms with van der Waals surface area (Å²) in [6, 6.07) is 2.73. The SMILES string of the molecule is N#Cc1ccc(S(=O)(=O)Cl)c(Cl)c1C(F)(F)F. The van der Waals surface area contributed by atoms with Gasteiger partial charge in [-0.1, -0.05) is 11.6 Å². The van der Waals surface area contributed by atoms with E-state index in [2.05, 4.69) is 0 Å². The van der Waals surface area contributed by atoms with E-state index < -0.39 is 36.3 Å². The Morgan fingerprint density at radius 3 is 2.18 bits per heavy atom. The fourth-order valence-electron chi connectivity index (χ4n) is 1.12. The topological polar surface area (TPSA) is 57.9 Å². The van der Waals surface area contributed by atoms with Crippen LogP contribution in [0.25, 0.3) is 0 Å². The molecule has 3 nitrogen and oxygen atoms in total. The van der Waals surface area contributed by atoms with E-state index in [-0.39, 0.29) is 0 Å². The lowest BCUT2D eigenvalue weighted by atomic mass is 10.1. The molecule has 0 fully saturated rings. The van der Waals surface area contributed by atoms with Crippen molar-refractivity contribution in [1.82, 2.24) is 0 Å². The number of nitriles is 1. The Hall–Kier alpha value is -0.970. The second kappa shape index (κ2) is 4.37. The van der Waals surface area contributed by atoms with Crippen LogP contribution in [-0.4, -0.2) is 8.42 Å². The molecule has 9 heteroatoms. The molecule has 17 heavy (non-hydrogen) atoms. The van der Waals surface area contributed by atoms with Gasteiger partial charge in [-0.2, -0.15) is 18.4 Å². The molecule has 1 aromatic carbocycles. The van der Waals surface area contributed by atoms with Gasteiger partial charge >= 0.3 is 6.18 Å². The van der Waals surface area contributed by atoms with Crippen LogP contribution in [0.15, 0.2) is 17.0 Å². The molecule has 0 atom stereocenters. The lowest BCUT2D eigenvalue weighted by molar-refractivity contribution is -0.137. The molecule has 1 rings (SSSR count). The van der Waals surface area contributed by atoms with Gasteiger partial charge in [0.1, 0.15) is 4.90 Å². The Balaban J connectivity index is 3.75. The second-order valence-electron chi connectivity index (χ2n) is 2.85. The monoisotopic (exact) mass is 303 g/mol. The fraction of sp³-hybridized carbons (Fsp3) is 0.125. The third-order valence-corrected chi connectivity index (χ3v) is 3.64. The molecule has 0 aliphatic carbocycles. The zero-order valence-corrected chi connectivity index (χ0v) is 10.0. The van der Waals surface area contributed by atoms with Crippen LogP contribution in [0, 0.1) is 11.3 Å². The summed E-state index contributed by atoms with van der Waals surface area (Å²) in [4.78, 5) is -0.882. The van der Waals surface area contributed by atoms with Crippen LogP contribution >= 0.6 is 22.3 Å². The second-order valence-corrected chi connectivity index (χ2v) is 5.76. The number of halogens is 5. The van der Waals surface area contributed by atoms with E-state index in [0.29, 0.717) is 6.07 Å². The van der Waals surface area contributed by atoms with Crippen LogP contribution in [-0.2, 0) is 15.2 Å².